The Labute approximate surface area is 243 Å². The number of rotatable bonds is 13. The highest BCUT2D eigenvalue weighted by atomic mass is 16.5. The standard InChI is InChI=1S/C33H44O8/c1-20(2)29(40-24(6)35)18-30(38)33(9)14-10-13-32(33,8)19-27(37)15-21(3)11-12-26-17-28(39-23(5)34)16-22(4)31(26)41-25(7)36/h11,16-17,29H,1,10,12-15,18-19H2,2-9H3/b21-11+/t29?,32-,33+/m1/s1. The molecule has 0 saturated heterocycles. The van der Waals surface area contributed by atoms with Gasteiger partial charge in [0.05, 0.1) is 0 Å². The van der Waals surface area contributed by atoms with Gasteiger partial charge in [0.15, 0.2) is 0 Å². The molecule has 1 fully saturated rings. The molecule has 0 aromatic heterocycles. The van der Waals surface area contributed by atoms with Crippen LogP contribution in [0.2, 0.25) is 0 Å². The van der Waals surface area contributed by atoms with Gasteiger partial charge >= 0.3 is 17.9 Å². The minimum absolute atomic E-state index is 0.0205. The Bertz CT molecular complexity index is 1260. The largest absolute Gasteiger partial charge is 0.458 e. The van der Waals surface area contributed by atoms with E-state index in [2.05, 4.69) is 6.58 Å². The maximum atomic E-state index is 13.6. The van der Waals surface area contributed by atoms with Crippen LogP contribution in [0.15, 0.2) is 35.9 Å². The molecule has 1 unspecified atom stereocenters. The molecule has 41 heavy (non-hydrogen) atoms. The topological polar surface area (TPSA) is 113 Å². The van der Waals surface area contributed by atoms with Crippen LogP contribution in [-0.2, 0) is 35.1 Å². The molecular weight excluding hydrogens is 524 g/mol. The number of benzene rings is 1. The second kappa shape index (κ2) is 13.9. The molecule has 2 rings (SSSR count). The average Bonchev–Trinajstić information content (AvgIpc) is 3.12. The van der Waals surface area contributed by atoms with E-state index in [-0.39, 0.29) is 30.8 Å². The van der Waals surface area contributed by atoms with E-state index >= 15 is 0 Å². The van der Waals surface area contributed by atoms with Gasteiger partial charge in [-0.3, -0.25) is 24.0 Å². The summed E-state index contributed by atoms with van der Waals surface area (Å²) < 4.78 is 16.0. The molecule has 8 nitrogen and oxygen atoms in total. The van der Waals surface area contributed by atoms with Crippen molar-refractivity contribution in [2.24, 2.45) is 10.8 Å². The lowest BCUT2D eigenvalue weighted by Crippen LogP contribution is -2.42. The Morgan fingerprint density at radius 2 is 1.59 bits per heavy atom. The van der Waals surface area contributed by atoms with Crippen molar-refractivity contribution in [1.29, 1.82) is 0 Å². The first-order chi connectivity index (χ1) is 19.0. The smallest absolute Gasteiger partial charge is 0.308 e. The highest BCUT2D eigenvalue weighted by molar-refractivity contribution is 5.89. The van der Waals surface area contributed by atoms with Crippen LogP contribution in [0.25, 0.3) is 0 Å². The van der Waals surface area contributed by atoms with Gasteiger partial charge in [-0.2, -0.15) is 0 Å². The van der Waals surface area contributed by atoms with Gasteiger partial charge in [-0.15, -0.1) is 0 Å². The molecule has 8 heteroatoms. The van der Waals surface area contributed by atoms with Crippen LogP contribution in [0, 0.1) is 17.8 Å². The fourth-order valence-electron chi connectivity index (χ4n) is 5.72. The van der Waals surface area contributed by atoms with Crippen molar-refractivity contribution >= 4 is 29.5 Å². The van der Waals surface area contributed by atoms with Crippen molar-refractivity contribution in [2.75, 3.05) is 0 Å². The summed E-state index contributed by atoms with van der Waals surface area (Å²) in [6, 6.07) is 3.29. The first-order valence-corrected chi connectivity index (χ1v) is 14.0. The lowest BCUT2D eigenvalue weighted by molar-refractivity contribution is -0.148. The molecule has 3 atom stereocenters. The van der Waals surface area contributed by atoms with Gasteiger partial charge < -0.3 is 14.2 Å². The molecule has 1 aliphatic carbocycles. The number of ketones is 2. The molecule has 224 valence electrons. The van der Waals surface area contributed by atoms with E-state index in [1.807, 2.05) is 26.8 Å². The van der Waals surface area contributed by atoms with Crippen molar-refractivity contribution in [3.8, 4) is 11.5 Å². The average molecular weight is 569 g/mol. The fourth-order valence-corrected chi connectivity index (χ4v) is 5.72. The van der Waals surface area contributed by atoms with E-state index in [4.69, 9.17) is 14.2 Å². The normalized spacial score (nSPS) is 21.1. The van der Waals surface area contributed by atoms with Crippen LogP contribution in [0.5, 0.6) is 11.5 Å². The first-order valence-electron chi connectivity index (χ1n) is 14.0. The number of hydrogen-bond donors (Lipinski definition) is 0. The van der Waals surface area contributed by atoms with E-state index in [1.165, 1.54) is 20.8 Å². The molecule has 1 aromatic rings. The van der Waals surface area contributed by atoms with Gasteiger partial charge in [0.1, 0.15) is 29.2 Å². The van der Waals surface area contributed by atoms with Crippen LogP contribution in [0.1, 0.15) is 98.1 Å². The number of allylic oxidation sites excluding steroid dienone is 2. The van der Waals surface area contributed by atoms with Gasteiger partial charge in [-0.05, 0) is 68.7 Å². The van der Waals surface area contributed by atoms with Crippen molar-refractivity contribution in [2.45, 2.75) is 106 Å². The first kappa shape index (κ1) is 33.7. The maximum Gasteiger partial charge on any atom is 0.308 e. The number of ether oxygens (including phenoxy) is 3. The monoisotopic (exact) mass is 568 g/mol. The summed E-state index contributed by atoms with van der Waals surface area (Å²) in [5, 5.41) is 0. The molecule has 1 aromatic carbocycles. The lowest BCUT2D eigenvalue weighted by Gasteiger charge is -2.40. The predicted octanol–water partition coefficient (Wildman–Crippen LogP) is 6.35. The number of esters is 3. The third-order valence-electron chi connectivity index (χ3n) is 8.15. The molecule has 0 aliphatic heterocycles. The van der Waals surface area contributed by atoms with E-state index in [0.29, 0.717) is 41.0 Å². The molecule has 0 N–H and O–H groups in total. The van der Waals surface area contributed by atoms with Crippen molar-refractivity contribution in [3.63, 3.8) is 0 Å². The van der Waals surface area contributed by atoms with Crippen LogP contribution in [-0.4, -0.2) is 35.6 Å². The maximum absolute atomic E-state index is 13.6. The summed E-state index contributed by atoms with van der Waals surface area (Å²) in [4.78, 5) is 61.5. The van der Waals surface area contributed by atoms with Gasteiger partial charge in [-0.25, -0.2) is 0 Å². The zero-order valence-corrected chi connectivity index (χ0v) is 25.7. The van der Waals surface area contributed by atoms with E-state index in [9.17, 15) is 24.0 Å². The summed E-state index contributed by atoms with van der Waals surface area (Å²) in [5.41, 5.74) is 1.52. The zero-order valence-electron chi connectivity index (χ0n) is 25.7. The van der Waals surface area contributed by atoms with Gasteiger partial charge in [-0.1, -0.05) is 38.5 Å². The summed E-state index contributed by atoms with van der Waals surface area (Å²) in [5.74, 6) is -0.620. The second-order valence-electron chi connectivity index (χ2n) is 11.9. The van der Waals surface area contributed by atoms with Crippen molar-refractivity contribution < 1.29 is 38.2 Å². The van der Waals surface area contributed by atoms with Crippen molar-refractivity contribution in [1.82, 2.24) is 0 Å². The Balaban J connectivity index is 2.18. The van der Waals surface area contributed by atoms with Gasteiger partial charge in [0.2, 0.25) is 0 Å². The molecular formula is C33H44O8. The molecule has 1 aliphatic rings. The number of carbonyl (C=O) groups is 5. The summed E-state index contributed by atoms with van der Waals surface area (Å²) in [6.45, 7) is 17.1. The molecule has 1 saturated carbocycles. The Morgan fingerprint density at radius 3 is 2.15 bits per heavy atom. The lowest BCUT2D eigenvalue weighted by atomic mass is 9.62. The minimum atomic E-state index is -0.720. The number of aryl methyl sites for hydroxylation is 1. The van der Waals surface area contributed by atoms with Crippen molar-refractivity contribution in [3.05, 3.63) is 47.1 Å². The highest BCUT2D eigenvalue weighted by Gasteiger charge is 2.53. The van der Waals surface area contributed by atoms with Gasteiger partial charge in [0, 0.05) is 51.0 Å². The van der Waals surface area contributed by atoms with E-state index in [0.717, 1.165) is 18.4 Å². The Morgan fingerprint density at radius 1 is 0.951 bits per heavy atom. The van der Waals surface area contributed by atoms with E-state index < -0.39 is 34.8 Å². The number of Topliss-reactive ketones (excluding diaryl/α,β-unsaturated/α-hetero) is 2. The summed E-state index contributed by atoms with van der Waals surface area (Å²) >= 11 is 0. The minimum Gasteiger partial charge on any atom is -0.458 e. The quantitative estimate of drug-likeness (QED) is 0.154. The molecule has 0 spiro atoms. The van der Waals surface area contributed by atoms with Crippen LogP contribution in [0.4, 0.5) is 0 Å². The summed E-state index contributed by atoms with van der Waals surface area (Å²) in [7, 11) is 0. The molecule has 0 bridgehead atoms. The zero-order chi connectivity index (χ0) is 31.1. The Hall–Kier alpha value is -3.55. The number of carbonyl (C=O) groups excluding carboxylic acids is 5. The molecule has 0 heterocycles. The summed E-state index contributed by atoms with van der Waals surface area (Å²) in [6.07, 6.45) is 4.36. The number of hydrogen-bond acceptors (Lipinski definition) is 8. The fraction of sp³-hybridized carbons (Fsp3) is 0.545. The van der Waals surface area contributed by atoms with E-state index in [1.54, 1.807) is 26.0 Å². The predicted molar refractivity (Wildman–Crippen MR) is 156 cm³/mol. The molecule has 0 radical (unpaired) electrons. The third kappa shape index (κ3) is 8.97. The second-order valence-corrected chi connectivity index (χ2v) is 11.9. The third-order valence-corrected chi connectivity index (χ3v) is 8.15. The van der Waals surface area contributed by atoms with Crippen LogP contribution < -0.4 is 9.47 Å². The van der Waals surface area contributed by atoms with Crippen LogP contribution in [0.3, 0.4) is 0 Å². The van der Waals surface area contributed by atoms with Gasteiger partial charge in [0.25, 0.3) is 0 Å². The van der Waals surface area contributed by atoms with Crippen LogP contribution >= 0.6 is 0 Å². The highest BCUT2D eigenvalue weighted by Crippen LogP contribution is 2.56. The Kier molecular flexibility index (Phi) is 11.4. The molecule has 0 amide bonds. The SMILES string of the molecule is C=C(C)C(CC(=O)[C@]1(C)CCC[C@]1(C)CC(=O)C/C(C)=C/Cc1cc(OC(C)=O)cc(C)c1OC(C)=O)OC(C)=O.